The van der Waals surface area contributed by atoms with Crippen LogP contribution in [-0.4, -0.2) is 41.0 Å². The fourth-order valence-electron chi connectivity index (χ4n) is 3.29. The molecular formula is C17H21ClN4O2S. The first-order valence-electron chi connectivity index (χ1n) is 8.27. The van der Waals surface area contributed by atoms with Crippen molar-refractivity contribution < 1.29 is 4.92 Å². The first kappa shape index (κ1) is 18.1. The van der Waals surface area contributed by atoms with Gasteiger partial charge in [0.1, 0.15) is 0 Å². The molecule has 0 amide bonds. The lowest BCUT2D eigenvalue weighted by molar-refractivity contribution is -0.384. The van der Waals surface area contributed by atoms with Gasteiger partial charge >= 0.3 is 0 Å². The highest BCUT2D eigenvalue weighted by atomic mass is 35.5. The van der Waals surface area contributed by atoms with Crippen LogP contribution in [0.2, 0.25) is 5.02 Å². The Hall–Kier alpha value is -1.70. The molecule has 0 aliphatic carbocycles. The second-order valence-electron chi connectivity index (χ2n) is 6.32. The number of hydrogen-bond donors (Lipinski definition) is 0. The molecule has 0 saturated carbocycles. The Bertz CT molecular complexity index is 757. The molecule has 1 aromatic heterocycles. The second-order valence-corrected chi connectivity index (χ2v) is 7.79. The van der Waals surface area contributed by atoms with Crippen LogP contribution in [0.5, 0.6) is 0 Å². The molecule has 2 aromatic rings. The van der Waals surface area contributed by atoms with Gasteiger partial charge in [-0.15, -0.1) is 11.3 Å². The number of non-ortho nitro benzene ring substituents is 1. The number of nitrogens with zero attached hydrogens (tertiary/aromatic N) is 4. The number of benzene rings is 1. The fraction of sp³-hybridized carbons (Fsp3) is 0.471. The summed E-state index contributed by atoms with van der Waals surface area (Å²) in [6, 6.07) is 3.05. The maximum absolute atomic E-state index is 11.0. The van der Waals surface area contributed by atoms with Crippen LogP contribution in [0.15, 0.2) is 17.5 Å². The molecule has 2 heterocycles. The number of aryl methyl sites for hydroxylation is 2. The summed E-state index contributed by atoms with van der Waals surface area (Å²) in [7, 11) is 0. The zero-order chi connectivity index (χ0) is 18.0. The van der Waals surface area contributed by atoms with E-state index < -0.39 is 4.92 Å². The van der Waals surface area contributed by atoms with E-state index in [1.165, 1.54) is 6.07 Å². The van der Waals surface area contributed by atoms with E-state index in [2.05, 4.69) is 20.2 Å². The highest BCUT2D eigenvalue weighted by Crippen LogP contribution is 2.34. The van der Waals surface area contributed by atoms with Gasteiger partial charge in [-0.3, -0.25) is 15.0 Å². The van der Waals surface area contributed by atoms with Gasteiger partial charge < -0.3 is 4.90 Å². The van der Waals surface area contributed by atoms with Crippen molar-refractivity contribution in [2.45, 2.75) is 26.8 Å². The summed E-state index contributed by atoms with van der Waals surface area (Å²) in [5.74, 6) is 0. The van der Waals surface area contributed by atoms with Crippen molar-refractivity contribution >= 4 is 34.3 Å². The number of halogens is 1. The number of thiazole rings is 1. The molecule has 0 radical (unpaired) electrons. The molecule has 0 spiro atoms. The van der Waals surface area contributed by atoms with Gasteiger partial charge in [0.15, 0.2) is 0 Å². The number of anilines is 1. The molecule has 1 fully saturated rings. The lowest BCUT2D eigenvalue weighted by Crippen LogP contribution is -2.31. The Morgan fingerprint density at radius 3 is 2.72 bits per heavy atom. The third-order valence-corrected chi connectivity index (χ3v) is 5.52. The number of nitro benzene ring substituents is 1. The average Bonchev–Trinajstić information content (AvgIpc) is 2.81. The van der Waals surface area contributed by atoms with E-state index in [9.17, 15) is 10.1 Å². The van der Waals surface area contributed by atoms with Crippen LogP contribution in [-0.2, 0) is 6.54 Å². The molecular weight excluding hydrogens is 360 g/mol. The normalized spacial score (nSPS) is 16.0. The molecule has 0 atom stereocenters. The summed E-state index contributed by atoms with van der Waals surface area (Å²) in [5.41, 5.74) is 2.93. The van der Waals surface area contributed by atoms with Crippen molar-refractivity contribution in [1.82, 2.24) is 9.88 Å². The van der Waals surface area contributed by atoms with Crippen molar-refractivity contribution in [2.75, 3.05) is 31.1 Å². The lowest BCUT2D eigenvalue weighted by Gasteiger charge is -2.26. The number of nitro groups is 1. The lowest BCUT2D eigenvalue weighted by atomic mass is 10.1. The summed E-state index contributed by atoms with van der Waals surface area (Å²) in [5, 5.41) is 14.7. The maximum atomic E-state index is 11.0. The van der Waals surface area contributed by atoms with Crippen LogP contribution in [0.1, 0.15) is 22.7 Å². The minimum atomic E-state index is -0.400. The number of rotatable bonds is 4. The Morgan fingerprint density at radius 1 is 1.28 bits per heavy atom. The monoisotopic (exact) mass is 380 g/mol. The van der Waals surface area contributed by atoms with Gasteiger partial charge in [-0.05, 0) is 25.8 Å². The molecule has 1 aliphatic rings. The van der Waals surface area contributed by atoms with Gasteiger partial charge in [0.2, 0.25) is 0 Å². The Kier molecular flexibility index (Phi) is 5.56. The van der Waals surface area contributed by atoms with Crippen LogP contribution in [0, 0.1) is 24.0 Å². The predicted molar refractivity (Wildman–Crippen MR) is 102 cm³/mol. The summed E-state index contributed by atoms with van der Waals surface area (Å²) < 4.78 is 0. The Labute approximate surface area is 156 Å². The van der Waals surface area contributed by atoms with Gasteiger partial charge in [-0.25, -0.2) is 4.98 Å². The SMILES string of the molecule is Cc1nc(CN2CCCN(c3c(C)cc([N+](=O)[O-])cc3Cl)CC2)cs1. The van der Waals surface area contributed by atoms with E-state index in [0.717, 1.165) is 61.1 Å². The van der Waals surface area contributed by atoms with E-state index in [4.69, 9.17) is 11.6 Å². The zero-order valence-corrected chi connectivity index (χ0v) is 15.9. The maximum Gasteiger partial charge on any atom is 0.271 e. The second kappa shape index (κ2) is 7.68. The van der Waals surface area contributed by atoms with Crippen molar-refractivity contribution in [1.29, 1.82) is 0 Å². The van der Waals surface area contributed by atoms with Gasteiger partial charge in [0.25, 0.3) is 5.69 Å². The van der Waals surface area contributed by atoms with Crippen molar-refractivity contribution in [3.05, 3.63) is 48.9 Å². The standard InChI is InChI=1S/C17H21ClN4O2S/c1-12-8-15(22(23)24)9-16(18)17(12)21-5-3-4-20(6-7-21)10-14-11-25-13(2)19-14/h8-9,11H,3-7,10H2,1-2H3. The third-order valence-electron chi connectivity index (χ3n) is 4.41. The predicted octanol–water partition coefficient (Wildman–Crippen LogP) is 4.03. The van der Waals surface area contributed by atoms with Crippen LogP contribution in [0.3, 0.4) is 0 Å². The fourth-order valence-corrected chi connectivity index (χ4v) is 4.27. The smallest absolute Gasteiger partial charge is 0.271 e. The Balaban J connectivity index is 1.71. The van der Waals surface area contributed by atoms with Crippen LogP contribution < -0.4 is 4.90 Å². The molecule has 1 saturated heterocycles. The minimum Gasteiger partial charge on any atom is -0.369 e. The van der Waals surface area contributed by atoms with Crippen LogP contribution >= 0.6 is 22.9 Å². The van der Waals surface area contributed by atoms with Gasteiger partial charge in [-0.1, -0.05) is 11.6 Å². The Morgan fingerprint density at radius 2 is 2.08 bits per heavy atom. The summed E-state index contributed by atoms with van der Waals surface area (Å²) in [6.07, 6.45) is 1.02. The molecule has 0 bridgehead atoms. The molecule has 3 rings (SSSR count). The molecule has 0 N–H and O–H groups in total. The first-order valence-corrected chi connectivity index (χ1v) is 9.52. The first-order chi connectivity index (χ1) is 11.9. The quantitative estimate of drug-likeness (QED) is 0.591. The van der Waals surface area contributed by atoms with Gasteiger partial charge in [0, 0.05) is 50.2 Å². The molecule has 8 heteroatoms. The summed E-state index contributed by atoms with van der Waals surface area (Å²) in [4.78, 5) is 19.8. The molecule has 0 unspecified atom stereocenters. The van der Waals surface area contributed by atoms with Crippen LogP contribution in [0.25, 0.3) is 0 Å². The number of aromatic nitrogens is 1. The highest BCUT2D eigenvalue weighted by molar-refractivity contribution is 7.09. The zero-order valence-electron chi connectivity index (χ0n) is 14.4. The van der Waals surface area contributed by atoms with Crippen molar-refractivity contribution in [3.8, 4) is 0 Å². The molecule has 1 aromatic carbocycles. The van der Waals surface area contributed by atoms with Gasteiger partial charge in [0.05, 0.1) is 26.3 Å². The van der Waals surface area contributed by atoms with E-state index in [-0.39, 0.29) is 5.69 Å². The van der Waals surface area contributed by atoms with Gasteiger partial charge in [-0.2, -0.15) is 0 Å². The third kappa shape index (κ3) is 4.29. The molecule has 25 heavy (non-hydrogen) atoms. The summed E-state index contributed by atoms with van der Waals surface area (Å²) in [6.45, 7) is 8.45. The van der Waals surface area contributed by atoms with E-state index in [1.807, 2.05) is 13.8 Å². The molecule has 6 nitrogen and oxygen atoms in total. The average molecular weight is 381 g/mol. The molecule has 134 valence electrons. The van der Waals surface area contributed by atoms with Crippen molar-refractivity contribution in [2.24, 2.45) is 0 Å². The van der Waals surface area contributed by atoms with E-state index in [0.29, 0.717) is 5.02 Å². The molecule has 1 aliphatic heterocycles. The van der Waals surface area contributed by atoms with Crippen LogP contribution in [0.4, 0.5) is 11.4 Å². The van der Waals surface area contributed by atoms with E-state index in [1.54, 1.807) is 17.4 Å². The van der Waals surface area contributed by atoms with Crippen molar-refractivity contribution in [3.63, 3.8) is 0 Å². The minimum absolute atomic E-state index is 0.0431. The largest absolute Gasteiger partial charge is 0.369 e. The number of hydrogen-bond acceptors (Lipinski definition) is 6. The topological polar surface area (TPSA) is 62.5 Å². The highest BCUT2D eigenvalue weighted by Gasteiger charge is 2.21. The van der Waals surface area contributed by atoms with E-state index >= 15 is 0 Å². The summed E-state index contributed by atoms with van der Waals surface area (Å²) >= 11 is 8.05.